The van der Waals surface area contributed by atoms with Crippen LogP contribution in [0.5, 0.6) is 5.75 Å². The van der Waals surface area contributed by atoms with E-state index in [4.69, 9.17) is 9.47 Å². The second-order valence-electron chi connectivity index (χ2n) is 8.33. The number of thioether (sulfide) groups is 1. The largest absolute Gasteiger partial charge is 0.494 e. The van der Waals surface area contributed by atoms with E-state index >= 15 is 0 Å². The summed E-state index contributed by atoms with van der Waals surface area (Å²) in [4.78, 5) is 29.8. The molecule has 1 N–H and O–H groups in total. The third-order valence-electron chi connectivity index (χ3n) is 5.84. The van der Waals surface area contributed by atoms with Gasteiger partial charge in [0.15, 0.2) is 5.17 Å². The number of aliphatic imine (C=N–C) groups is 1. The zero-order chi connectivity index (χ0) is 25.8. The number of nitrogens with one attached hydrogen (secondary N) is 1. The second-order valence-corrected chi connectivity index (χ2v) is 9.36. The molecule has 0 atom stereocenters. The fourth-order valence-corrected chi connectivity index (χ4v) is 4.99. The van der Waals surface area contributed by atoms with Crippen LogP contribution in [0.1, 0.15) is 28.4 Å². The van der Waals surface area contributed by atoms with E-state index in [2.05, 4.69) is 14.9 Å². The average molecular weight is 512 g/mol. The van der Waals surface area contributed by atoms with Crippen molar-refractivity contribution in [1.29, 1.82) is 0 Å². The standard InChI is InChI=1S/C29H25N3O4S/c1-3-36-23-13-11-22(12-14-23)30-29-31-27(33)26(37-29)16-21-18-32(25-10-5-4-9-24(21)25)17-19-7-6-8-20(15-19)28(34)35-2/h4-16,18H,3,17H2,1-2H3,(H,30,31,33)/b26-16-. The summed E-state index contributed by atoms with van der Waals surface area (Å²) in [6, 6.07) is 22.9. The molecule has 37 heavy (non-hydrogen) atoms. The summed E-state index contributed by atoms with van der Waals surface area (Å²) in [7, 11) is 1.37. The van der Waals surface area contributed by atoms with Gasteiger partial charge in [-0.1, -0.05) is 30.3 Å². The highest BCUT2D eigenvalue weighted by Gasteiger charge is 2.24. The Labute approximate surface area is 218 Å². The maximum absolute atomic E-state index is 12.7. The summed E-state index contributed by atoms with van der Waals surface area (Å²) >= 11 is 1.31. The van der Waals surface area contributed by atoms with Gasteiger partial charge in [-0.25, -0.2) is 9.79 Å². The topological polar surface area (TPSA) is 81.9 Å². The van der Waals surface area contributed by atoms with E-state index in [1.807, 2.05) is 85.9 Å². The van der Waals surface area contributed by atoms with Crippen molar-refractivity contribution in [3.05, 3.63) is 101 Å². The van der Waals surface area contributed by atoms with Crippen LogP contribution >= 0.6 is 11.8 Å². The molecule has 0 radical (unpaired) electrons. The third kappa shape index (κ3) is 5.44. The van der Waals surface area contributed by atoms with Gasteiger partial charge >= 0.3 is 5.97 Å². The number of ether oxygens (including phenoxy) is 2. The number of nitrogens with zero attached hydrogens (tertiary/aromatic N) is 2. The Morgan fingerprint density at radius 1 is 1.08 bits per heavy atom. The molecule has 1 aliphatic rings. The number of fused-ring (bicyclic) bond motifs is 1. The van der Waals surface area contributed by atoms with Gasteiger partial charge in [0, 0.05) is 29.2 Å². The number of hydrogen-bond donors (Lipinski definition) is 1. The zero-order valence-corrected chi connectivity index (χ0v) is 21.2. The molecule has 186 valence electrons. The van der Waals surface area contributed by atoms with Crippen molar-refractivity contribution >= 4 is 51.5 Å². The fraction of sp³-hybridized carbons (Fsp3) is 0.138. The second kappa shape index (κ2) is 10.8. The quantitative estimate of drug-likeness (QED) is 0.252. The lowest BCUT2D eigenvalue weighted by atomic mass is 10.1. The highest BCUT2D eigenvalue weighted by Crippen LogP contribution is 2.31. The van der Waals surface area contributed by atoms with Crippen molar-refractivity contribution in [2.45, 2.75) is 13.5 Å². The number of amidine groups is 1. The number of carbonyl (C=O) groups is 2. The Balaban J connectivity index is 1.41. The number of rotatable bonds is 7. The van der Waals surface area contributed by atoms with E-state index in [1.165, 1.54) is 18.9 Å². The van der Waals surface area contributed by atoms with Crippen LogP contribution < -0.4 is 10.1 Å². The van der Waals surface area contributed by atoms with E-state index in [9.17, 15) is 9.59 Å². The first-order valence-electron chi connectivity index (χ1n) is 11.8. The normalized spacial score (nSPS) is 15.4. The van der Waals surface area contributed by atoms with Gasteiger partial charge in [0.1, 0.15) is 5.75 Å². The highest BCUT2D eigenvalue weighted by molar-refractivity contribution is 8.18. The molecule has 2 heterocycles. The molecule has 5 rings (SSSR count). The van der Waals surface area contributed by atoms with E-state index in [0.717, 1.165) is 33.5 Å². The van der Waals surface area contributed by atoms with Crippen molar-refractivity contribution in [3.8, 4) is 5.75 Å². The molecule has 0 saturated carbocycles. The Morgan fingerprint density at radius 3 is 2.68 bits per heavy atom. The molecule has 1 aliphatic heterocycles. The number of para-hydroxylation sites is 1. The van der Waals surface area contributed by atoms with E-state index < -0.39 is 0 Å². The highest BCUT2D eigenvalue weighted by atomic mass is 32.2. The minimum atomic E-state index is -0.364. The van der Waals surface area contributed by atoms with Gasteiger partial charge in [0.05, 0.1) is 29.9 Å². The predicted octanol–water partition coefficient (Wildman–Crippen LogP) is 5.77. The summed E-state index contributed by atoms with van der Waals surface area (Å²) in [5, 5.41) is 4.42. The van der Waals surface area contributed by atoms with Crippen molar-refractivity contribution < 1.29 is 19.1 Å². The Morgan fingerprint density at radius 2 is 1.89 bits per heavy atom. The van der Waals surface area contributed by atoms with Crippen LogP contribution in [0, 0.1) is 0 Å². The van der Waals surface area contributed by atoms with Crippen LogP contribution in [0.3, 0.4) is 0 Å². The molecule has 0 bridgehead atoms. The summed E-state index contributed by atoms with van der Waals surface area (Å²) in [6.45, 7) is 3.11. The molecule has 4 aromatic rings. The molecule has 0 spiro atoms. The number of amides is 1. The van der Waals surface area contributed by atoms with Crippen molar-refractivity contribution in [2.75, 3.05) is 13.7 Å². The first-order valence-corrected chi connectivity index (χ1v) is 12.6. The Hall–Kier alpha value is -4.30. The van der Waals surface area contributed by atoms with Crippen LogP contribution in [-0.4, -0.2) is 35.3 Å². The summed E-state index contributed by atoms with van der Waals surface area (Å²) in [6.07, 6.45) is 3.92. The van der Waals surface area contributed by atoms with Crippen LogP contribution in [-0.2, 0) is 16.1 Å². The average Bonchev–Trinajstić information content (AvgIpc) is 3.44. The SMILES string of the molecule is CCOc1ccc(N=C2NC(=O)/C(=C/c3cn(Cc4cccc(C(=O)OC)c4)c4ccccc34)S2)cc1. The molecule has 1 aromatic heterocycles. The summed E-state index contributed by atoms with van der Waals surface area (Å²) in [5.41, 5.74) is 4.18. The lowest BCUT2D eigenvalue weighted by Gasteiger charge is -2.07. The molecule has 8 heteroatoms. The molecule has 1 amide bonds. The Kier molecular flexibility index (Phi) is 7.09. The van der Waals surface area contributed by atoms with Gasteiger partial charge in [-0.05, 0) is 72.8 Å². The number of carbonyl (C=O) groups excluding carboxylic acids is 2. The zero-order valence-electron chi connectivity index (χ0n) is 20.4. The number of methoxy groups -OCH3 is 1. The van der Waals surface area contributed by atoms with Crippen LogP contribution in [0.2, 0.25) is 0 Å². The van der Waals surface area contributed by atoms with Crippen LogP contribution in [0.4, 0.5) is 5.69 Å². The minimum absolute atomic E-state index is 0.183. The molecule has 1 fully saturated rings. The summed E-state index contributed by atoms with van der Waals surface area (Å²) < 4.78 is 12.4. The predicted molar refractivity (Wildman–Crippen MR) is 147 cm³/mol. The van der Waals surface area contributed by atoms with Gasteiger partial charge in [0.2, 0.25) is 0 Å². The van der Waals surface area contributed by atoms with Crippen LogP contribution in [0.25, 0.3) is 17.0 Å². The molecular weight excluding hydrogens is 486 g/mol. The van der Waals surface area contributed by atoms with Gasteiger partial charge in [0.25, 0.3) is 5.91 Å². The van der Waals surface area contributed by atoms with E-state index in [0.29, 0.717) is 28.8 Å². The lowest BCUT2D eigenvalue weighted by molar-refractivity contribution is -0.115. The van der Waals surface area contributed by atoms with E-state index in [-0.39, 0.29) is 11.9 Å². The summed E-state index contributed by atoms with van der Waals surface area (Å²) in [5.74, 6) is 0.234. The van der Waals surface area contributed by atoms with Crippen molar-refractivity contribution in [3.63, 3.8) is 0 Å². The minimum Gasteiger partial charge on any atom is -0.494 e. The first kappa shape index (κ1) is 24.4. The number of aromatic nitrogens is 1. The first-order chi connectivity index (χ1) is 18.0. The van der Waals surface area contributed by atoms with Crippen molar-refractivity contribution in [2.24, 2.45) is 4.99 Å². The molecule has 7 nitrogen and oxygen atoms in total. The van der Waals surface area contributed by atoms with Gasteiger partial charge in [-0.15, -0.1) is 0 Å². The maximum atomic E-state index is 12.7. The molecular formula is C29H25N3O4S. The smallest absolute Gasteiger partial charge is 0.337 e. The van der Waals surface area contributed by atoms with Crippen LogP contribution in [0.15, 0.2) is 88.9 Å². The van der Waals surface area contributed by atoms with Gasteiger partial charge in [-0.2, -0.15) is 0 Å². The number of hydrogen-bond acceptors (Lipinski definition) is 6. The maximum Gasteiger partial charge on any atom is 0.337 e. The van der Waals surface area contributed by atoms with Gasteiger partial charge < -0.3 is 19.4 Å². The number of esters is 1. The third-order valence-corrected chi connectivity index (χ3v) is 6.75. The van der Waals surface area contributed by atoms with E-state index in [1.54, 1.807) is 6.07 Å². The van der Waals surface area contributed by atoms with Crippen molar-refractivity contribution in [1.82, 2.24) is 9.88 Å². The molecule has 0 unspecified atom stereocenters. The molecule has 0 aliphatic carbocycles. The van der Waals surface area contributed by atoms with Gasteiger partial charge in [-0.3, -0.25) is 4.79 Å². The Bertz CT molecular complexity index is 1540. The number of benzene rings is 3. The fourth-order valence-electron chi connectivity index (χ4n) is 4.15. The molecule has 3 aromatic carbocycles. The monoisotopic (exact) mass is 511 g/mol. The molecule has 1 saturated heterocycles. The lowest BCUT2D eigenvalue weighted by Crippen LogP contribution is -2.19.